The molecule has 114 valence electrons. The largest absolute Gasteiger partial charge is 0.409 e. The first-order valence-electron chi connectivity index (χ1n) is 7.40. The minimum Gasteiger partial charge on any atom is -0.409 e. The van der Waals surface area contributed by atoms with E-state index in [9.17, 15) is 4.79 Å². The monoisotopic (exact) mass is 299 g/mol. The SMILES string of the molecule is CSC1(CNC(=O)C2(C(N)=NO)CCCCCC2)CC1. The van der Waals surface area contributed by atoms with Gasteiger partial charge in [-0.3, -0.25) is 4.79 Å². The van der Waals surface area contributed by atoms with Crippen LogP contribution in [0, 0.1) is 5.41 Å². The number of hydrogen-bond acceptors (Lipinski definition) is 4. The molecule has 2 rings (SSSR count). The van der Waals surface area contributed by atoms with Gasteiger partial charge in [0.1, 0.15) is 5.41 Å². The van der Waals surface area contributed by atoms with E-state index in [0.717, 1.165) is 38.5 Å². The second kappa shape index (κ2) is 6.24. The first kappa shape index (κ1) is 15.5. The van der Waals surface area contributed by atoms with E-state index in [0.29, 0.717) is 19.4 Å². The van der Waals surface area contributed by atoms with Crippen LogP contribution in [0.2, 0.25) is 0 Å². The topological polar surface area (TPSA) is 87.7 Å². The Labute approximate surface area is 124 Å². The molecule has 2 fully saturated rings. The maximum atomic E-state index is 12.7. The predicted molar refractivity (Wildman–Crippen MR) is 82.0 cm³/mol. The third kappa shape index (κ3) is 3.05. The predicted octanol–water partition coefficient (Wildman–Crippen LogP) is 2.09. The van der Waals surface area contributed by atoms with Crippen LogP contribution in [0.15, 0.2) is 5.16 Å². The summed E-state index contributed by atoms with van der Waals surface area (Å²) in [6.07, 6.45) is 9.90. The van der Waals surface area contributed by atoms with Gasteiger partial charge in [-0.25, -0.2) is 0 Å². The van der Waals surface area contributed by atoms with E-state index in [1.54, 1.807) is 0 Å². The first-order valence-corrected chi connectivity index (χ1v) is 8.62. The summed E-state index contributed by atoms with van der Waals surface area (Å²) in [4.78, 5) is 12.7. The van der Waals surface area contributed by atoms with Crippen molar-refractivity contribution >= 4 is 23.5 Å². The fourth-order valence-electron chi connectivity index (χ4n) is 3.03. The second-order valence-corrected chi connectivity index (χ2v) is 7.33. The van der Waals surface area contributed by atoms with Gasteiger partial charge in [-0.1, -0.05) is 30.8 Å². The van der Waals surface area contributed by atoms with Crippen molar-refractivity contribution in [2.75, 3.05) is 12.8 Å². The number of nitrogens with zero attached hydrogens (tertiary/aromatic N) is 1. The highest BCUT2D eigenvalue weighted by molar-refractivity contribution is 8.00. The molecule has 0 spiro atoms. The van der Waals surface area contributed by atoms with E-state index < -0.39 is 5.41 Å². The van der Waals surface area contributed by atoms with Gasteiger partial charge in [0.15, 0.2) is 5.84 Å². The highest BCUT2D eigenvalue weighted by Gasteiger charge is 2.46. The zero-order valence-electron chi connectivity index (χ0n) is 12.2. The van der Waals surface area contributed by atoms with Crippen LogP contribution in [-0.4, -0.2) is 34.5 Å². The van der Waals surface area contributed by atoms with E-state index in [1.807, 2.05) is 11.8 Å². The number of nitrogens with two attached hydrogens (primary N) is 1. The number of amidine groups is 1. The number of carbonyl (C=O) groups is 1. The minimum absolute atomic E-state index is 0.0602. The molecule has 6 heteroatoms. The van der Waals surface area contributed by atoms with E-state index in [4.69, 9.17) is 10.9 Å². The van der Waals surface area contributed by atoms with Crippen LogP contribution in [0.5, 0.6) is 0 Å². The van der Waals surface area contributed by atoms with Crippen molar-refractivity contribution in [2.24, 2.45) is 16.3 Å². The fraction of sp³-hybridized carbons (Fsp3) is 0.857. The third-order valence-corrected chi connectivity index (χ3v) is 6.22. The van der Waals surface area contributed by atoms with E-state index in [1.165, 1.54) is 0 Å². The van der Waals surface area contributed by atoms with Crippen LogP contribution < -0.4 is 11.1 Å². The summed E-state index contributed by atoms with van der Waals surface area (Å²) in [6.45, 7) is 0.688. The van der Waals surface area contributed by atoms with Crippen molar-refractivity contribution in [3.05, 3.63) is 0 Å². The van der Waals surface area contributed by atoms with Gasteiger partial charge in [-0.2, -0.15) is 11.8 Å². The van der Waals surface area contributed by atoms with E-state index in [2.05, 4.69) is 16.7 Å². The van der Waals surface area contributed by atoms with E-state index >= 15 is 0 Å². The van der Waals surface area contributed by atoms with Crippen LogP contribution in [-0.2, 0) is 4.79 Å². The van der Waals surface area contributed by atoms with Crippen molar-refractivity contribution in [1.82, 2.24) is 5.32 Å². The molecule has 0 aromatic rings. The highest BCUT2D eigenvalue weighted by atomic mass is 32.2. The Hall–Kier alpha value is -0.910. The fourth-order valence-corrected chi connectivity index (χ4v) is 3.76. The van der Waals surface area contributed by atoms with Crippen LogP contribution in [0.4, 0.5) is 0 Å². The quantitative estimate of drug-likeness (QED) is 0.238. The molecule has 0 aromatic carbocycles. The van der Waals surface area contributed by atoms with Gasteiger partial charge in [0.25, 0.3) is 0 Å². The summed E-state index contributed by atoms with van der Waals surface area (Å²) in [5, 5.41) is 15.3. The maximum absolute atomic E-state index is 12.7. The molecule has 0 aliphatic heterocycles. The molecule has 1 amide bonds. The molecule has 0 aromatic heterocycles. The Bertz CT molecular complexity index is 386. The normalized spacial score (nSPS) is 24.8. The van der Waals surface area contributed by atoms with Crippen molar-refractivity contribution in [3.8, 4) is 0 Å². The molecule has 4 N–H and O–H groups in total. The Balaban J connectivity index is 2.07. The molecule has 0 bridgehead atoms. The number of amides is 1. The number of carbonyl (C=O) groups excluding carboxylic acids is 1. The molecule has 20 heavy (non-hydrogen) atoms. The Morgan fingerprint density at radius 1 is 1.25 bits per heavy atom. The van der Waals surface area contributed by atoms with Crippen molar-refractivity contribution in [3.63, 3.8) is 0 Å². The van der Waals surface area contributed by atoms with Gasteiger partial charge < -0.3 is 16.3 Å². The summed E-state index contributed by atoms with van der Waals surface area (Å²) in [6, 6.07) is 0. The smallest absolute Gasteiger partial charge is 0.234 e. The lowest BCUT2D eigenvalue weighted by Gasteiger charge is -2.30. The number of nitrogens with one attached hydrogen (secondary N) is 1. The van der Waals surface area contributed by atoms with Crippen molar-refractivity contribution < 1.29 is 10.0 Å². The summed E-state index contributed by atoms with van der Waals surface area (Å²) in [7, 11) is 0. The average Bonchev–Trinajstić information content (AvgIpc) is 3.28. The van der Waals surface area contributed by atoms with Gasteiger partial charge in [-0.15, -0.1) is 0 Å². The Morgan fingerprint density at radius 2 is 1.85 bits per heavy atom. The van der Waals surface area contributed by atoms with Crippen LogP contribution in [0.25, 0.3) is 0 Å². The summed E-state index contributed by atoms with van der Waals surface area (Å²) in [5.74, 6) is 0.0147. The van der Waals surface area contributed by atoms with E-state index in [-0.39, 0.29) is 16.5 Å². The molecular weight excluding hydrogens is 274 g/mol. The molecule has 0 heterocycles. The average molecular weight is 299 g/mol. The molecule has 0 saturated heterocycles. The van der Waals surface area contributed by atoms with Crippen LogP contribution >= 0.6 is 11.8 Å². The van der Waals surface area contributed by atoms with Crippen molar-refractivity contribution in [1.29, 1.82) is 0 Å². The second-order valence-electron chi connectivity index (χ2n) is 6.05. The van der Waals surface area contributed by atoms with Gasteiger partial charge >= 0.3 is 0 Å². The highest BCUT2D eigenvalue weighted by Crippen LogP contribution is 2.46. The molecule has 0 atom stereocenters. The summed E-state index contributed by atoms with van der Waals surface area (Å²) in [5.41, 5.74) is 5.07. The Morgan fingerprint density at radius 3 is 2.30 bits per heavy atom. The zero-order chi connectivity index (χ0) is 14.6. The van der Waals surface area contributed by atoms with Crippen LogP contribution in [0.1, 0.15) is 51.4 Å². The van der Waals surface area contributed by atoms with Crippen molar-refractivity contribution in [2.45, 2.75) is 56.1 Å². The lowest BCUT2D eigenvalue weighted by atomic mass is 9.78. The minimum atomic E-state index is -0.806. The molecule has 2 aliphatic carbocycles. The molecule has 0 unspecified atom stereocenters. The van der Waals surface area contributed by atoms with Gasteiger partial charge in [0, 0.05) is 11.3 Å². The lowest BCUT2D eigenvalue weighted by molar-refractivity contribution is -0.128. The standard InChI is InChI=1S/C14H25N3O2S/c1-20-13(8-9-13)10-16-12(18)14(11(15)17-19)6-4-2-3-5-7-14/h19H,2-10H2,1H3,(H2,15,17)(H,16,18). The van der Waals surface area contributed by atoms with Crippen LogP contribution in [0.3, 0.4) is 0 Å². The molecule has 5 nitrogen and oxygen atoms in total. The summed E-state index contributed by atoms with van der Waals surface area (Å²) < 4.78 is 0.229. The molecule has 0 radical (unpaired) electrons. The lowest BCUT2D eigenvalue weighted by Crippen LogP contribution is -2.51. The van der Waals surface area contributed by atoms with Gasteiger partial charge in [0.2, 0.25) is 5.91 Å². The molecule has 2 saturated carbocycles. The molecule has 2 aliphatic rings. The molecular formula is C14H25N3O2S. The van der Waals surface area contributed by atoms with Gasteiger partial charge in [0.05, 0.1) is 0 Å². The summed E-state index contributed by atoms with van der Waals surface area (Å²) >= 11 is 1.82. The maximum Gasteiger partial charge on any atom is 0.234 e. The number of rotatable bonds is 5. The number of hydrogen-bond donors (Lipinski definition) is 3. The van der Waals surface area contributed by atoms with Gasteiger partial charge in [-0.05, 0) is 31.9 Å². The number of oxime groups is 1. The third-order valence-electron chi connectivity index (χ3n) is 4.80. The first-order chi connectivity index (χ1) is 9.58. The Kier molecular flexibility index (Phi) is 4.83. The number of thioether (sulfide) groups is 1. The zero-order valence-corrected chi connectivity index (χ0v) is 13.0.